The highest BCUT2D eigenvalue weighted by molar-refractivity contribution is 7.86. The Labute approximate surface area is 162 Å². The molecule has 0 aliphatic carbocycles. The summed E-state index contributed by atoms with van der Waals surface area (Å²) in [7, 11) is -3.95. The summed E-state index contributed by atoms with van der Waals surface area (Å²) in [4.78, 5) is 0. The Kier molecular flexibility index (Phi) is 16.9. The average molecular weight is 393 g/mol. The predicted octanol–water partition coefficient (Wildman–Crippen LogP) is 6.28. The second-order valence-electron chi connectivity index (χ2n) is 7.81. The standard InChI is InChI=1S/C21H44O4S/c1-3-5-6-7-8-9-10-11-12-13-14-18-21(26(23,24)25)19-16-15-17-20(22)4-2/h20-22H,3-19H2,1-2H3,(H,23,24,25). The Bertz CT molecular complexity index is 395. The zero-order chi connectivity index (χ0) is 19.7. The van der Waals surface area contributed by atoms with Gasteiger partial charge in [0, 0.05) is 0 Å². The summed E-state index contributed by atoms with van der Waals surface area (Å²) >= 11 is 0. The van der Waals surface area contributed by atoms with Crippen LogP contribution in [-0.4, -0.2) is 29.4 Å². The minimum absolute atomic E-state index is 0.286. The zero-order valence-corrected chi connectivity index (χ0v) is 18.1. The fraction of sp³-hybridized carbons (Fsp3) is 1.00. The van der Waals surface area contributed by atoms with Crippen molar-refractivity contribution < 1.29 is 18.1 Å². The van der Waals surface area contributed by atoms with Gasteiger partial charge in [-0.1, -0.05) is 97.3 Å². The predicted molar refractivity (Wildman–Crippen MR) is 111 cm³/mol. The molecule has 0 bridgehead atoms. The van der Waals surface area contributed by atoms with Crippen molar-refractivity contribution in [1.82, 2.24) is 0 Å². The quantitative estimate of drug-likeness (QED) is 0.200. The maximum absolute atomic E-state index is 11.5. The molecule has 0 aliphatic heterocycles. The van der Waals surface area contributed by atoms with Gasteiger partial charge in [0.1, 0.15) is 0 Å². The van der Waals surface area contributed by atoms with Gasteiger partial charge < -0.3 is 5.11 Å². The summed E-state index contributed by atoms with van der Waals surface area (Å²) in [5.41, 5.74) is 0. The molecular weight excluding hydrogens is 348 g/mol. The second-order valence-corrected chi connectivity index (χ2v) is 9.50. The van der Waals surface area contributed by atoms with E-state index in [-0.39, 0.29) is 6.10 Å². The molecule has 0 aromatic rings. The topological polar surface area (TPSA) is 74.6 Å². The highest BCUT2D eigenvalue weighted by Crippen LogP contribution is 2.19. The van der Waals surface area contributed by atoms with Gasteiger partial charge in [-0.2, -0.15) is 8.42 Å². The molecule has 0 heterocycles. The number of unbranched alkanes of at least 4 members (excludes halogenated alkanes) is 11. The fourth-order valence-electron chi connectivity index (χ4n) is 3.43. The Morgan fingerprint density at radius 2 is 1.04 bits per heavy atom. The van der Waals surface area contributed by atoms with E-state index in [1.54, 1.807) is 0 Å². The van der Waals surface area contributed by atoms with Crippen molar-refractivity contribution in [3.8, 4) is 0 Å². The minimum Gasteiger partial charge on any atom is -0.393 e. The Morgan fingerprint density at radius 3 is 1.46 bits per heavy atom. The molecule has 158 valence electrons. The van der Waals surface area contributed by atoms with Crippen LogP contribution < -0.4 is 0 Å². The van der Waals surface area contributed by atoms with E-state index in [9.17, 15) is 18.1 Å². The van der Waals surface area contributed by atoms with Gasteiger partial charge >= 0.3 is 0 Å². The van der Waals surface area contributed by atoms with E-state index in [2.05, 4.69) is 6.92 Å². The van der Waals surface area contributed by atoms with Crippen molar-refractivity contribution in [2.45, 2.75) is 134 Å². The molecular formula is C21H44O4S. The van der Waals surface area contributed by atoms with Gasteiger partial charge in [-0.3, -0.25) is 4.55 Å². The molecule has 0 radical (unpaired) electrons. The molecule has 0 fully saturated rings. The van der Waals surface area contributed by atoms with Crippen LogP contribution in [0.1, 0.15) is 123 Å². The number of aliphatic hydroxyl groups excluding tert-OH is 1. The van der Waals surface area contributed by atoms with Crippen molar-refractivity contribution in [2.75, 3.05) is 0 Å². The van der Waals surface area contributed by atoms with Crippen LogP contribution in [-0.2, 0) is 10.1 Å². The van der Waals surface area contributed by atoms with E-state index in [4.69, 9.17) is 0 Å². The fourth-order valence-corrected chi connectivity index (χ4v) is 4.36. The largest absolute Gasteiger partial charge is 0.393 e. The summed E-state index contributed by atoms with van der Waals surface area (Å²) in [5.74, 6) is 0. The lowest BCUT2D eigenvalue weighted by Gasteiger charge is -2.14. The van der Waals surface area contributed by atoms with Gasteiger partial charge in [0.15, 0.2) is 0 Å². The van der Waals surface area contributed by atoms with Gasteiger partial charge in [0.25, 0.3) is 10.1 Å². The molecule has 0 amide bonds. The normalized spacial score (nSPS) is 14.5. The molecule has 0 aliphatic rings. The lowest BCUT2D eigenvalue weighted by Crippen LogP contribution is -2.20. The van der Waals surface area contributed by atoms with Crippen LogP contribution in [0.2, 0.25) is 0 Å². The molecule has 2 N–H and O–H groups in total. The van der Waals surface area contributed by atoms with Crippen LogP contribution in [0.25, 0.3) is 0 Å². The smallest absolute Gasteiger partial charge is 0.267 e. The Hall–Kier alpha value is -0.130. The molecule has 0 aromatic heterocycles. The van der Waals surface area contributed by atoms with Crippen molar-refractivity contribution in [3.63, 3.8) is 0 Å². The van der Waals surface area contributed by atoms with Crippen LogP contribution in [0.5, 0.6) is 0 Å². The highest BCUT2D eigenvalue weighted by Gasteiger charge is 2.21. The van der Waals surface area contributed by atoms with Gasteiger partial charge in [0.05, 0.1) is 11.4 Å². The third kappa shape index (κ3) is 16.1. The molecule has 4 nitrogen and oxygen atoms in total. The third-order valence-corrected chi connectivity index (χ3v) is 6.65. The van der Waals surface area contributed by atoms with Crippen LogP contribution in [0.15, 0.2) is 0 Å². The molecule has 5 heteroatoms. The van der Waals surface area contributed by atoms with Gasteiger partial charge in [0.2, 0.25) is 0 Å². The highest BCUT2D eigenvalue weighted by atomic mass is 32.2. The molecule has 0 spiro atoms. The van der Waals surface area contributed by atoms with E-state index in [0.717, 1.165) is 38.5 Å². The first-order chi connectivity index (χ1) is 12.4. The Morgan fingerprint density at radius 1 is 0.654 bits per heavy atom. The molecule has 2 atom stereocenters. The number of hydrogen-bond acceptors (Lipinski definition) is 3. The minimum atomic E-state index is -3.95. The zero-order valence-electron chi connectivity index (χ0n) is 17.3. The van der Waals surface area contributed by atoms with E-state index >= 15 is 0 Å². The molecule has 0 aromatic carbocycles. The van der Waals surface area contributed by atoms with E-state index < -0.39 is 15.4 Å². The lowest BCUT2D eigenvalue weighted by atomic mass is 10.0. The molecule has 0 saturated carbocycles. The number of aliphatic hydroxyl groups is 1. The number of rotatable bonds is 19. The molecule has 26 heavy (non-hydrogen) atoms. The van der Waals surface area contributed by atoms with E-state index in [1.165, 1.54) is 51.4 Å². The average Bonchev–Trinajstić information content (AvgIpc) is 2.59. The van der Waals surface area contributed by atoms with E-state index in [1.807, 2.05) is 6.92 Å². The second kappa shape index (κ2) is 17.0. The van der Waals surface area contributed by atoms with Gasteiger partial charge in [-0.25, -0.2) is 0 Å². The van der Waals surface area contributed by atoms with Crippen LogP contribution in [0.3, 0.4) is 0 Å². The van der Waals surface area contributed by atoms with Crippen molar-refractivity contribution in [1.29, 1.82) is 0 Å². The van der Waals surface area contributed by atoms with Gasteiger partial charge in [-0.15, -0.1) is 0 Å². The molecule has 2 unspecified atom stereocenters. The Balaban J connectivity index is 3.69. The van der Waals surface area contributed by atoms with Gasteiger partial charge in [-0.05, 0) is 25.7 Å². The van der Waals surface area contributed by atoms with E-state index in [0.29, 0.717) is 19.3 Å². The maximum Gasteiger partial charge on any atom is 0.267 e. The SMILES string of the molecule is CCCCCCCCCCCCCC(CCCCC(O)CC)S(=O)(=O)O. The lowest BCUT2D eigenvalue weighted by molar-refractivity contribution is 0.156. The summed E-state index contributed by atoms with van der Waals surface area (Å²) in [6, 6.07) is 0. The summed E-state index contributed by atoms with van der Waals surface area (Å²) < 4.78 is 32.5. The van der Waals surface area contributed by atoms with Crippen molar-refractivity contribution >= 4 is 10.1 Å². The van der Waals surface area contributed by atoms with Crippen molar-refractivity contribution in [3.05, 3.63) is 0 Å². The van der Waals surface area contributed by atoms with Crippen LogP contribution in [0.4, 0.5) is 0 Å². The first-order valence-electron chi connectivity index (χ1n) is 11.1. The first-order valence-corrected chi connectivity index (χ1v) is 12.6. The third-order valence-electron chi connectivity index (χ3n) is 5.34. The summed E-state index contributed by atoms with van der Waals surface area (Å²) in [5, 5.41) is 8.91. The first kappa shape index (κ1) is 25.9. The van der Waals surface area contributed by atoms with Crippen LogP contribution >= 0.6 is 0 Å². The van der Waals surface area contributed by atoms with Crippen molar-refractivity contribution in [2.24, 2.45) is 0 Å². The maximum atomic E-state index is 11.5. The molecule has 0 rings (SSSR count). The van der Waals surface area contributed by atoms with Crippen LogP contribution in [0, 0.1) is 0 Å². The monoisotopic (exact) mass is 392 g/mol. The summed E-state index contributed by atoms with van der Waals surface area (Å²) in [6.07, 6.45) is 17.5. The number of hydrogen-bond donors (Lipinski definition) is 2. The summed E-state index contributed by atoms with van der Waals surface area (Å²) in [6.45, 7) is 4.18. The molecule has 0 saturated heterocycles.